The van der Waals surface area contributed by atoms with Crippen molar-refractivity contribution in [2.75, 3.05) is 40.0 Å². The van der Waals surface area contributed by atoms with Crippen LogP contribution in [0.1, 0.15) is 126 Å². The lowest BCUT2D eigenvalue weighted by molar-refractivity contribution is -0.265. The Morgan fingerprint density at radius 2 is 1.62 bits per heavy atom. The fraction of sp³-hybridized carbons (Fsp3) is 0.755. The molecule has 16 atom stereocenters. The van der Waals surface area contributed by atoms with Gasteiger partial charge in [-0.25, -0.2) is 4.79 Å². The number of aliphatic hydroxyl groups is 2. The Hall–Kier alpha value is -2.88. The number of fused-ring (bicyclic) bond motifs is 3. The molecule has 14 nitrogen and oxygen atoms in total. The van der Waals surface area contributed by atoms with Crippen LogP contribution in [-0.4, -0.2) is 138 Å². The predicted molar refractivity (Wildman–Crippen MR) is 269 cm³/mol. The molecule has 1 saturated carbocycles. The average molecular weight is 1010 g/mol. The van der Waals surface area contributed by atoms with Gasteiger partial charge in [0.05, 0.1) is 18.3 Å². The molecule has 3 aliphatic heterocycles. The molecule has 0 aromatic carbocycles. The van der Waals surface area contributed by atoms with E-state index in [0.717, 1.165) is 24.8 Å². The van der Waals surface area contributed by atoms with E-state index in [1.54, 1.807) is 59.5 Å². The number of hydrogen-bond donors (Lipinski definition) is 2. The predicted octanol–water partition coefficient (Wildman–Crippen LogP) is 8.34. The van der Waals surface area contributed by atoms with Crippen molar-refractivity contribution in [1.82, 2.24) is 4.90 Å². The molecule has 1 aliphatic carbocycles. The van der Waals surface area contributed by atoms with Gasteiger partial charge in [0.1, 0.15) is 36.8 Å². The highest BCUT2D eigenvalue weighted by molar-refractivity contribution is 8.04. The Bertz CT molecular complexity index is 1900. The smallest absolute Gasteiger partial charge is 0.346 e. The Labute approximate surface area is 416 Å². The number of hydrogen-bond acceptors (Lipinski definition) is 14. The van der Waals surface area contributed by atoms with E-state index in [2.05, 4.69) is 0 Å². The van der Waals surface area contributed by atoms with Crippen molar-refractivity contribution in [3.05, 3.63) is 47.6 Å². The van der Waals surface area contributed by atoms with Gasteiger partial charge >= 0.3 is 13.8 Å². The molecule has 4 rings (SSSR count). The topological polar surface area (TPSA) is 192 Å². The van der Waals surface area contributed by atoms with Gasteiger partial charge in [0.2, 0.25) is 5.79 Å². The molecule has 0 radical (unpaired) electrons. The summed E-state index contributed by atoms with van der Waals surface area (Å²) in [6.45, 7) is 14.6. The number of piperidine rings is 1. The van der Waals surface area contributed by atoms with Gasteiger partial charge in [-0.2, -0.15) is 0 Å². The fourth-order valence-corrected chi connectivity index (χ4v) is 12.8. The number of thioether (sulfide) groups is 1. The number of allylic oxidation sites excluding steroid dienone is 6. The second kappa shape index (κ2) is 27.8. The van der Waals surface area contributed by atoms with Crippen LogP contribution < -0.4 is 0 Å². The van der Waals surface area contributed by atoms with Gasteiger partial charge in [-0.05, 0) is 107 Å². The van der Waals surface area contributed by atoms with Crippen molar-refractivity contribution in [3.63, 3.8) is 0 Å². The Morgan fingerprint density at radius 3 is 2.29 bits per heavy atom. The molecule has 0 aromatic heterocycles. The van der Waals surface area contributed by atoms with E-state index >= 15 is 0 Å². The summed E-state index contributed by atoms with van der Waals surface area (Å²) in [5.41, 5.74) is 1.83. The molecule has 2 saturated heterocycles. The highest BCUT2D eigenvalue weighted by atomic mass is 32.2. The molecule has 16 heteroatoms. The standard InChI is InChI=1S/C53H83NO13PS/c1-32-17-13-12-14-18-33(2)43(63-8)29-40-22-20-38(7)53(61,67-40)50(58)51(59)54-24-16-15-19-41(54)52(60)66-44(35(4)27-39-21-23-46(45(28-39)64-9)69-31-68(11)62)30-42(55)34(3)26-37(6)48(57)49(65-10)47(56)36(5)25-32/h12-14,17-18,26,32,34-36,38-41,43-46,48-49,57,61H,15-16,19-25,27-31H2,1-11H3/q+1/b14-12?,17-13+,33-18?,37-26+/t32-,34-,35-,36-,38-,39+,40+,41?,43+,44+,45-,46?,48-,49+,53-/m1/s1. The van der Waals surface area contributed by atoms with Crippen molar-refractivity contribution >= 4 is 48.8 Å². The summed E-state index contributed by atoms with van der Waals surface area (Å²) < 4.78 is 41.8. The van der Waals surface area contributed by atoms with Crippen LogP contribution in [0.3, 0.4) is 0 Å². The number of amides is 1. The SMILES string of the molecule is CO[C@H]1C[C@@H]2CC[C@@H](C)[C@@](O)(O2)C(=O)C(=O)N2CCCCC2C(=O)O[C@H]([C@H](C)C[C@@H]2CCC(SC[P+](C)=O)[C@H](OC)C2)CC(=O)[C@H](C)/C=C(\C)[C@@H](O)[C@@H](OC)C(=O)[C@H](C)C[C@H](C)/C=C/C=CC=C1C. The van der Waals surface area contributed by atoms with Crippen molar-refractivity contribution in [3.8, 4) is 0 Å². The van der Waals surface area contributed by atoms with E-state index in [0.29, 0.717) is 56.0 Å². The van der Waals surface area contributed by atoms with E-state index in [1.165, 1.54) is 12.0 Å². The van der Waals surface area contributed by atoms with Gasteiger partial charge in [-0.3, -0.25) is 19.2 Å². The quantitative estimate of drug-likeness (QED) is 0.0969. The molecule has 2 bridgehead atoms. The molecule has 0 spiro atoms. The van der Waals surface area contributed by atoms with E-state index in [1.807, 2.05) is 58.1 Å². The fourth-order valence-electron chi connectivity index (χ4n) is 10.5. The first-order valence-electron chi connectivity index (χ1n) is 25.1. The lowest BCUT2D eigenvalue weighted by Gasteiger charge is -2.42. The molecule has 3 heterocycles. The highest BCUT2D eigenvalue weighted by Gasteiger charge is 2.53. The summed E-state index contributed by atoms with van der Waals surface area (Å²) in [5.74, 6) is -7.83. The maximum Gasteiger partial charge on any atom is 0.346 e. The number of carbonyl (C=O) groups excluding carboxylic acids is 5. The molecular weight excluding hydrogens is 922 g/mol. The summed E-state index contributed by atoms with van der Waals surface area (Å²) in [6.07, 6.45) is 12.8. The molecule has 388 valence electrons. The van der Waals surface area contributed by atoms with E-state index in [-0.39, 0.29) is 60.1 Å². The number of methoxy groups -OCH3 is 3. The minimum Gasteiger partial charge on any atom is -0.460 e. The zero-order valence-electron chi connectivity index (χ0n) is 43.1. The van der Waals surface area contributed by atoms with E-state index in [9.17, 15) is 38.8 Å². The zero-order valence-corrected chi connectivity index (χ0v) is 44.8. The molecular formula is C53H83NO13PS+. The molecule has 69 heavy (non-hydrogen) atoms. The highest BCUT2D eigenvalue weighted by Crippen LogP contribution is 2.41. The molecule has 0 aromatic rings. The van der Waals surface area contributed by atoms with Gasteiger partial charge in [-0.15, -0.1) is 11.8 Å². The monoisotopic (exact) mass is 1000 g/mol. The third-order valence-corrected chi connectivity index (χ3v) is 17.9. The van der Waals surface area contributed by atoms with Gasteiger partial charge in [0.15, 0.2) is 11.3 Å². The van der Waals surface area contributed by atoms with Crippen LogP contribution in [0.2, 0.25) is 0 Å². The lowest BCUT2D eigenvalue weighted by Crippen LogP contribution is -2.61. The number of Topliss-reactive ketones (excluding diaryl/α,β-unsaturated/α-hetero) is 3. The first-order chi connectivity index (χ1) is 32.6. The third-order valence-electron chi connectivity index (χ3n) is 14.9. The van der Waals surface area contributed by atoms with Crippen LogP contribution in [0.5, 0.6) is 0 Å². The lowest BCUT2D eigenvalue weighted by atomic mass is 9.79. The first kappa shape index (κ1) is 58.7. The number of esters is 1. The summed E-state index contributed by atoms with van der Waals surface area (Å²) in [5, 5.41) is 23.7. The van der Waals surface area contributed by atoms with Gasteiger partial charge in [0, 0.05) is 63.7 Å². The average Bonchev–Trinajstić information content (AvgIpc) is 3.32. The number of rotatable bonds is 9. The van der Waals surface area contributed by atoms with Crippen LogP contribution in [0.25, 0.3) is 0 Å². The van der Waals surface area contributed by atoms with Crippen molar-refractivity contribution in [2.45, 2.75) is 179 Å². The minimum atomic E-state index is -2.43. The van der Waals surface area contributed by atoms with Crippen molar-refractivity contribution in [2.24, 2.45) is 35.5 Å². The number of nitrogens with zero attached hydrogens (tertiary/aromatic N) is 1. The maximum absolute atomic E-state index is 14.5. The minimum absolute atomic E-state index is 0.0179. The molecule has 3 fully saturated rings. The zero-order chi connectivity index (χ0) is 51.2. The van der Waals surface area contributed by atoms with Crippen LogP contribution in [0, 0.1) is 35.5 Å². The molecule has 3 unspecified atom stereocenters. The van der Waals surface area contributed by atoms with Gasteiger partial charge in [0.25, 0.3) is 11.7 Å². The Morgan fingerprint density at radius 1 is 0.899 bits per heavy atom. The number of ketones is 3. The van der Waals surface area contributed by atoms with Crippen molar-refractivity contribution in [1.29, 1.82) is 0 Å². The van der Waals surface area contributed by atoms with Crippen LogP contribution in [0.15, 0.2) is 47.6 Å². The Kier molecular flexibility index (Phi) is 23.7. The number of cyclic esters (lactones) is 1. The second-order valence-corrected chi connectivity index (χ2v) is 23.7. The van der Waals surface area contributed by atoms with Gasteiger partial charge in [-0.1, -0.05) is 75.6 Å². The second-order valence-electron chi connectivity index (χ2n) is 20.5. The van der Waals surface area contributed by atoms with E-state index < -0.39 is 85.6 Å². The summed E-state index contributed by atoms with van der Waals surface area (Å²) >= 11 is 1.67. The van der Waals surface area contributed by atoms with E-state index in [4.69, 9.17) is 23.7 Å². The number of carbonyl (C=O) groups is 5. The summed E-state index contributed by atoms with van der Waals surface area (Å²) in [6, 6.07) is -1.14. The molecule has 4 aliphatic rings. The van der Waals surface area contributed by atoms with Gasteiger partial charge < -0.3 is 38.8 Å². The normalized spacial score (nSPS) is 37.8. The number of ether oxygens (including phenoxy) is 5. The largest absolute Gasteiger partial charge is 0.460 e. The number of aliphatic hydroxyl groups excluding tert-OH is 1. The van der Waals surface area contributed by atoms with Crippen molar-refractivity contribution < 1.29 is 62.4 Å². The molecule has 2 N–H and O–H groups in total. The summed E-state index contributed by atoms with van der Waals surface area (Å²) in [4.78, 5) is 72.3. The van der Waals surface area contributed by atoms with Crippen LogP contribution >= 0.6 is 19.6 Å². The molecule has 1 amide bonds. The summed E-state index contributed by atoms with van der Waals surface area (Å²) in [7, 11) is 3.36. The maximum atomic E-state index is 14.5. The first-order valence-corrected chi connectivity index (χ1v) is 28.1. The Balaban J connectivity index is 1.70. The third kappa shape index (κ3) is 16.3. The van der Waals surface area contributed by atoms with Crippen LogP contribution in [-0.2, 0) is 52.2 Å². The van der Waals surface area contributed by atoms with Crippen LogP contribution in [0.4, 0.5) is 0 Å².